The second-order valence-corrected chi connectivity index (χ2v) is 20.1. The third kappa shape index (κ3) is 7.70. The number of likely N-dealkylation sites (N-methyl/N-ethyl adjacent to an activating group) is 1. The molecule has 53 heavy (non-hydrogen) atoms. The average molecular weight is 742 g/mol. The number of likely N-dealkylation sites (tertiary alicyclic amines) is 1. The van der Waals surface area contributed by atoms with E-state index in [1.54, 1.807) is 9.80 Å². The lowest BCUT2D eigenvalue weighted by Crippen LogP contribution is -2.67. The molecule has 0 aromatic carbocycles. The molecule has 13 nitrogen and oxygen atoms in total. The minimum absolute atomic E-state index is 0.136. The molecule has 6 atom stereocenters. The number of piperazine rings is 1. The second-order valence-electron chi connectivity index (χ2n) is 20.1. The van der Waals surface area contributed by atoms with Crippen LogP contribution in [0.1, 0.15) is 120 Å². The van der Waals surface area contributed by atoms with Crippen LogP contribution in [-0.4, -0.2) is 114 Å². The predicted octanol–water partition coefficient (Wildman–Crippen LogP) is 3.19. The van der Waals surface area contributed by atoms with Crippen molar-refractivity contribution in [3.8, 4) is 0 Å². The molecule has 3 aliphatic carbocycles. The lowest BCUT2D eigenvalue weighted by atomic mass is 9.32. The molecule has 2 heterocycles. The molecule has 3 unspecified atom stereocenters. The normalized spacial score (nSPS) is 28.6. The minimum atomic E-state index is -1.09. The molecule has 0 aromatic rings. The molecule has 0 radical (unpaired) electrons. The van der Waals surface area contributed by atoms with Gasteiger partial charge in [0.2, 0.25) is 23.5 Å². The van der Waals surface area contributed by atoms with Gasteiger partial charge >= 0.3 is 6.03 Å². The van der Waals surface area contributed by atoms with Crippen LogP contribution in [0.3, 0.4) is 0 Å². The van der Waals surface area contributed by atoms with E-state index in [4.69, 9.17) is 5.73 Å². The summed E-state index contributed by atoms with van der Waals surface area (Å²) in [6, 6.07) is -4.28. The quantitative estimate of drug-likeness (QED) is 0.249. The zero-order valence-corrected chi connectivity index (χ0v) is 34.0. The number of rotatable bonds is 10. The van der Waals surface area contributed by atoms with Crippen molar-refractivity contribution in [2.45, 2.75) is 150 Å². The van der Waals surface area contributed by atoms with Gasteiger partial charge in [-0.05, 0) is 79.1 Å². The molecule has 5 N–H and O–H groups in total. The molecule has 5 fully saturated rings. The molecule has 2 saturated heterocycles. The lowest BCUT2D eigenvalue weighted by Gasteiger charge is -2.72. The molecule has 0 aromatic heterocycles. The monoisotopic (exact) mass is 742 g/mol. The summed E-state index contributed by atoms with van der Waals surface area (Å²) in [6.45, 7) is 20.1. The van der Waals surface area contributed by atoms with Gasteiger partial charge in [0.15, 0.2) is 0 Å². The summed E-state index contributed by atoms with van der Waals surface area (Å²) in [5, 5.41) is 8.74. The number of nitrogens with zero attached hydrogens (tertiary/aromatic N) is 3. The van der Waals surface area contributed by atoms with Gasteiger partial charge in [0, 0.05) is 32.2 Å². The van der Waals surface area contributed by atoms with Crippen LogP contribution in [0, 0.1) is 33.0 Å². The number of carbonyl (C=O) groups excluding carboxylic acids is 6. The maximum absolute atomic E-state index is 14.9. The number of ketones is 1. The highest BCUT2D eigenvalue weighted by molar-refractivity contribution is 6.37. The van der Waals surface area contributed by atoms with Crippen molar-refractivity contribution in [1.82, 2.24) is 30.7 Å². The van der Waals surface area contributed by atoms with E-state index < -0.39 is 64.5 Å². The zero-order chi connectivity index (χ0) is 39.5. The first-order valence-corrected chi connectivity index (χ1v) is 19.9. The first kappa shape index (κ1) is 41.0. The Balaban J connectivity index is 1.39. The van der Waals surface area contributed by atoms with Crippen molar-refractivity contribution in [3.05, 3.63) is 0 Å². The Morgan fingerprint density at radius 2 is 1.42 bits per heavy atom. The Morgan fingerprint density at radius 3 is 1.87 bits per heavy atom. The van der Waals surface area contributed by atoms with Gasteiger partial charge < -0.3 is 36.4 Å². The van der Waals surface area contributed by atoms with E-state index in [-0.39, 0.29) is 34.1 Å². The van der Waals surface area contributed by atoms with Gasteiger partial charge in [-0.2, -0.15) is 0 Å². The van der Waals surface area contributed by atoms with Gasteiger partial charge in [0.1, 0.15) is 18.1 Å². The number of hydrogen-bond acceptors (Lipinski definition) is 7. The number of hydrogen-bond donors (Lipinski definition) is 4. The first-order chi connectivity index (χ1) is 24.4. The summed E-state index contributed by atoms with van der Waals surface area (Å²) in [4.78, 5) is 87.7. The van der Waals surface area contributed by atoms with Gasteiger partial charge in [-0.1, -0.05) is 81.1 Å². The van der Waals surface area contributed by atoms with E-state index in [1.165, 1.54) is 6.42 Å². The minimum Gasteiger partial charge on any atom is -0.363 e. The van der Waals surface area contributed by atoms with E-state index in [1.807, 2.05) is 48.6 Å². The van der Waals surface area contributed by atoms with Crippen molar-refractivity contribution in [1.29, 1.82) is 0 Å². The lowest BCUT2D eigenvalue weighted by molar-refractivity contribution is -0.231. The van der Waals surface area contributed by atoms with E-state index >= 15 is 0 Å². The Hall–Kier alpha value is -3.22. The van der Waals surface area contributed by atoms with Crippen LogP contribution in [0.4, 0.5) is 4.79 Å². The van der Waals surface area contributed by atoms with Crippen LogP contribution >= 0.6 is 0 Å². The van der Waals surface area contributed by atoms with Crippen molar-refractivity contribution < 1.29 is 28.8 Å². The van der Waals surface area contributed by atoms with Gasteiger partial charge in [0.05, 0.1) is 6.04 Å². The summed E-state index contributed by atoms with van der Waals surface area (Å²) in [5.41, 5.74) is 3.77. The summed E-state index contributed by atoms with van der Waals surface area (Å²) < 4.78 is 0. The van der Waals surface area contributed by atoms with Gasteiger partial charge in [0.25, 0.3) is 5.91 Å². The fourth-order valence-corrected chi connectivity index (χ4v) is 9.91. The highest BCUT2D eigenvalue weighted by Gasteiger charge is 2.73. The van der Waals surface area contributed by atoms with E-state index in [0.717, 1.165) is 45.1 Å². The summed E-state index contributed by atoms with van der Waals surface area (Å²) in [5.74, 6) is -2.72. The Bertz CT molecular complexity index is 1470. The fraction of sp³-hybridized carbons (Fsp3) is 0.850. The zero-order valence-electron chi connectivity index (χ0n) is 34.0. The topological polar surface area (TPSA) is 174 Å². The SMILES string of the molecule is C[C@H]1CN(C(=O)[C@@H](NC(=O)N[C@@H](C(=O)N2CC3(CC2C(=O)NC(CC2CCC2)C(=O)C(N)=O)CC2(CCC2)C3(C)C)C(C)(C)C)C(C)(C)C)CCN1C. The summed E-state index contributed by atoms with van der Waals surface area (Å²) >= 11 is 0. The van der Waals surface area contributed by atoms with Crippen molar-refractivity contribution in [2.75, 3.05) is 33.2 Å². The standard InChI is InChI=1S/C40H67N7O6/c1-24-21-46(18-17-45(24)10)33(51)29(36(2,3)4)43-35(53)44-30(37(5,6)7)34(52)47-23-40(22-39(15-12-16-39)38(40,8)9)20-27(47)32(50)42-26(28(48)31(41)49)19-25-13-11-14-25/h24-27,29-30H,11-23H2,1-10H3,(H2,41,49)(H,42,50)(H2,43,44,53)/t24-,26?,27?,29+,30-,40?/m0/s1. The van der Waals surface area contributed by atoms with Crippen LogP contribution in [-0.2, 0) is 24.0 Å². The molecule has 13 heteroatoms. The van der Waals surface area contributed by atoms with E-state index in [9.17, 15) is 28.8 Å². The average Bonchev–Trinajstić information content (AvgIpc) is 3.43. The number of Topliss-reactive ketones (excluding diaryl/α,β-unsaturated/α-hetero) is 1. The van der Waals surface area contributed by atoms with Crippen molar-refractivity contribution in [2.24, 2.45) is 38.7 Å². The molecule has 298 valence electrons. The molecule has 2 aliphatic heterocycles. The summed E-state index contributed by atoms with van der Waals surface area (Å²) in [6.07, 6.45) is 7.95. The van der Waals surface area contributed by atoms with E-state index in [0.29, 0.717) is 32.5 Å². The molecule has 0 bridgehead atoms. The number of primary amides is 1. The maximum atomic E-state index is 14.9. The fourth-order valence-electron chi connectivity index (χ4n) is 9.91. The molecule has 5 rings (SSSR count). The molecule has 2 spiro atoms. The van der Waals surface area contributed by atoms with Gasteiger partial charge in [-0.25, -0.2) is 4.79 Å². The van der Waals surface area contributed by atoms with Crippen LogP contribution in [0.15, 0.2) is 0 Å². The predicted molar refractivity (Wildman–Crippen MR) is 202 cm³/mol. The van der Waals surface area contributed by atoms with Crippen LogP contribution < -0.4 is 21.7 Å². The molecule has 6 amide bonds. The number of urea groups is 1. The van der Waals surface area contributed by atoms with Gasteiger partial charge in [-0.15, -0.1) is 0 Å². The maximum Gasteiger partial charge on any atom is 0.316 e. The number of nitrogens with one attached hydrogen (secondary N) is 3. The Kier molecular flexibility index (Phi) is 11.2. The van der Waals surface area contributed by atoms with Crippen LogP contribution in [0.25, 0.3) is 0 Å². The third-order valence-corrected chi connectivity index (χ3v) is 14.4. The van der Waals surface area contributed by atoms with Crippen LogP contribution in [0.5, 0.6) is 0 Å². The molecule has 5 aliphatic rings. The van der Waals surface area contributed by atoms with Gasteiger partial charge in [-0.3, -0.25) is 24.0 Å². The number of carbonyl (C=O) groups is 6. The van der Waals surface area contributed by atoms with Crippen LogP contribution in [0.2, 0.25) is 0 Å². The highest BCUT2D eigenvalue weighted by atomic mass is 16.2. The summed E-state index contributed by atoms with van der Waals surface area (Å²) in [7, 11) is 2.03. The highest BCUT2D eigenvalue weighted by Crippen LogP contribution is 2.77. The first-order valence-electron chi connectivity index (χ1n) is 19.9. The molecular formula is C40H67N7O6. The van der Waals surface area contributed by atoms with Crippen molar-refractivity contribution in [3.63, 3.8) is 0 Å². The van der Waals surface area contributed by atoms with E-state index in [2.05, 4.69) is 41.6 Å². The number of amides is 6. The smallest absolute Gasteiger partial charge is 0.316 e. The molecular weight excluding hydrogens is 674 g/mol. The van der Waals surface area contributed by atoms with Crippen molar-refractivity contribution >= 4 is 35.4 Å². The Labute approximate surface area is 316 Å². The third-order valence-electron chi connectivity index (χ3n) is 14.4. The largest absolute Gasteiger partial charge is 0.363 e. The number of nitrogens with two attached hydrogens (primary N) is 1. The molecule has 3 saturated carbocycles. The Morgan fingerprint density at radius 1 is 0.830 bits per heavy atom. The second kappa shape index (κ2) is 14.5.